The third kappa shape index (κ3) is 4.85. The van der Waals surface area contributed by atoms with E-state index in [9.17, 15) is 4.79 Å². The standard InChI is InChI=1S/C18H26Cl2NO2/c1-13(12-21(2,3)14-8-5-4-6-9-14)23-18(22)17-15(19)10-7-11-16(17)20/h7,10-11,13-14H,4-6,8-9,12H2,1-3H3/q+1. The lowest BCUT2D eigenvalue weighted by Crippen LogP contribution is -2.53. The van der Waals surface area contributed by atoms with Crippen LogP contribution < -0.4 is 0 Å². The molecule has 1 aromatic rings. The Morgan fingerprint density at radius 1 is 1.22 bits per heavy atom. The molecule has 0 N–H and O–H groups in total. The molecule has 2 rings (SSSR count). The molecule has 1 saturated carbocycles. The van der Waals surface area contributed by atoms with Crippen molar-refractivity contribution in [2.24, 2.45) is 0 Å². The molecule has 5 heteroatoms. The van der Waals surface area contributed by atoms with Crippen LogP contribution in [-0.4, -0.2) is 43.2 Å². The van der Waals surface area contributed by atoms with E-state index < -0.39 is 5.97 Å². The number of hydrogen-bond acceptors (Lipinski definition) is 2. The second kappa shape index (κ2) is 7.87. The normalized spacial score (nSPS) is 17.8. The maximum atomic E-state index is 12.4. The van der Waals surface area contributed by atoms with Gasteiger partial charge < -0.3 is 9.22 Å². The molecule has 0 heterocycles. The van der Waals surface area contributed by atoms with Gasteiger partial charge in [-0.1, -0.05) is 35.7 Å². The molecule has 23 heavy (non-hydrogen) atoms. The van der Waals surface area contributed by atoms with Crippen LogP contribution in [0.25, 0.3) is 0 Å². The van der Waals surface area contributed by atoms with Crippen molar-refractivity contribution in [1.82, 2.24) is 0 Å². The van der Waals surface area contributed by atoms with Gasteiger partial charge in [0.25, 0.3) is 0 Å². The van der Waals surface area contributed by atoms with E-state index in [2.05, 4.69) is 14.1 Å². The van der Waals surface area contributed by atoms with Gasteiger partial charge in [0.2, 0.25) is 0 Å². The van der Waals surface area contributed by atoms with E-state index in [0.717, 1.165) is 11.0 Å². The van der Waals surface area contributed by atoms with Gasteiger partial charge in [-0.2, -0.15) is 0 Å². The lowest BCUT2D eigenvalue weighted by atomic mass is 9.93. The molecule has 0 bridgehead atoms. The lowest BCUT2D eigenvalue weighted by molar-refractivity contribution is -0.918. The molecule has 0 amide bonds. The molecular formula is C18H26Cl2NO2+. The fourth-order valence-electron chi connectivity index (χ4n) is 3.56. The van der Waals surface area contributed by atoms with Gasteiger partial charge in [0.1, 0.15) is 12.6 Å². The minimum Gasteiger partial charge on any atom is -0.453 e. The Morgan fingerprint density at radius 3 is 2.35 bits per heavy atom. The molecule has 0 saturated heterocycles. The van der Waals surface area contributed by atoms with Crippen LogP contribution in [0.3, 0.4) is 0 Å². The largest absolute Gasteiger partial charge is 0.453 e. The molecule has 1 fully saturated rings. The fourth-order valence-corrected chi connectivity index (χ4v) is 4.12. The molecule has 0 aliphatic heterocycles. The number of benzene rings is 1. The summed E-state index contributed by atoms with van der Waals surface area (Å²) in [4.78, 5) is 12.4. The summed E-state index contributed by atoms with van der Waals surface area (Å²) in [6.45, 7) is 2.73. The van der Waals surface area contributed by atoms with E-state index in [1.807, 2.05) is 6.92 Å². The summed E-state index contributed by atoms with van der Waals surface area (Å²) in [7, 11) is 4.45. The van der Waals surface area contributed by atoms with Crippen LogP contribution in [0.15, 0.2) is 18.2 Å². The highest BCUT2D eigenvalue weighted by Crippen LogP contribution is 2.28. The quantitative estimate of drug-likeness (QED) is 0.549. The van der Waals surface area contributed by atoms with E-state index in [1.165, 1.54) is 32.1 Å². The van der Waals surface area contributed by atoms with Crippen molar-refractivity contribution >= 4 is 29.2 Å². The number of carbonyl (C=O) groups excluding carboxylic acids is 1. The SMILES string of the molecule is CC(C[N+](C)(C)C1CCCCC1)OC(=O)c1c(Cl)cccc1Cl. The molecule has 1 aliphatic carbocycles. The second-order valence-electron chi connectivity index (χ2n) is 7.07. The molecule has 128 valence electrons. The number of halogens is 2. The molecule has 0 spiro atoms. The van der Waals surface area contributed by atoms with E-state index in [0.29, 0.717) is 16.1 Å². The number of esters is 1. The number of ether oxygens (including phenoxy) is 1. The minimum absolute atomic E-state index is 0.188. The Balaban J connectivity index is 1.98. The van der Waals surface area contributed by atoms with Crippen molar-refractivity contribution in [3.63, 3.8) is 0 Å². The first-order valence-electron chi connectivity index (χ1n) is 8.29. The van der Waals surface area contributed by atoms with Gasteiger partial charge in [-0.3, -0.25) is 0 Å². The number of hydrogen-bond donors (Lipinski definition) is 0. The first-order chi connectivity index (χ1) is 10.8. The zero-order valence-corrected chi connectivity index (χ0v) is 15.7. The minimum atomic E-state index is -0.447. The first-order valence-corrected chi connectivity index (χ1v) is 9.04. The number of nitrogens with zero attached hydrogens (tertiary/aromatic N) is 1. The average Bonchev–Trinajstić information content (AvgIpc) is 2.47. The van der Waals surface area contributed by atoms with Gasteiger partial charge >= 0.3 is 5.97 Å². The fraction of sp³-hybridized carbons (Fsp3) is 0.611. The molecule has 1 atom stereocenters. The molecule has 0 aromatic heterocycles. The van der Waals surface area contributed by atoms with Crippen LogP contribution >= 0.6 is 23.2 Å². The summed E-state index contributed by atoms with van der Waals surface area (Å²) < 4.78 is 6.48. The zero-order chi connectivity index (χ0) is 17.0. The highest BCUT2D eigenvalue weighted by molar-refractivity contribution is 6.39. The number of carbonyl (C=O) groups is 1. The van der Waals surface area contributed by atoms with E-state index in [-0.39, 0.29) is 11.7 Å². The van der Waals surface area contributed by atoms with Gasteiger partial charge in [0.15, 0.2) is 0 Å². The maximum Gasteiger partial charge on any atom is 0.341 e. The van der Waals surface area contributed by atoms with Crippen molar-refractivity contribution in [2.75, 3.05) is 20.6 Å². The summed E-state index contributed by atoms with van der Waals surface area (Å²) in [5, 5.41) is 0.659. The van der Waals surface area contributed by atoms with Gasteiger partial charge in [-0.15, -0.1) is 0 Å². The number of rotatable bonds is 5. The third-order valence-electron chi connectivity index (χ3n) is 4.77. The van der Waals surface area contributed by atoms with E-state index in [1.54, 1.807) is 18.2 Å². The Kier molecular flexibility index (Phi) is 6.35. The monoisotopic (exact) mass is 358 g/mol. The van der Waals surface area contributed by atoms with Crippen LogP contribution in [0.1, 0.15) is 49.4 Å². The summed E-state index contributed by atoms with van der Waals surface area (Å²) in [5.41, 5.74) is 0.255. The lowest BCUT2D eigenvalue weighted by Gasteiger charge is -2.41. The van der Waals surface area contributed by atoms with E-state index in [4.69, 9.17) is 27.9 Å². The van der Waals surface area contributed by atoms with Crippen molar-refractivity contribution in [3.05, 3.63) is 33.8 Å². The molecule has 3 nitrogen and oxygen atoms in total. The van der Waals surface area contributed by atoms with Crippen molar-refractivity contribution in [1.29, 1.82) is 0 Å². The number of quaternary nitrogens is 1. The van der Waals surface area contributed by atoms with Crippen LogP contribution in [0.4, 0.5) is 0 Å². The predicted molar refractivity (Wildman–Crippen MR) is 95.2 cm³/mol. The van der Waals surface area contributed by atoms with Crippen LogP contribution in [0, 0.1) is 0 Å². The summed E-state index contributed by atoms with van der Waals surface area (Å²) in [6, 6.07) is 5.66. The maximum absolute atomic E-state index is 12.4. The summed E-state index contributed by atoms with van der Waals surface area (Å²) >= 11 is 12.1. The highest BCUT2D eigenvalue weighted by atomic mass is 35.5. The smallest absolute Gasteiger partial charge is 0.341 e. The zero-order valence-electron chi connectivity index (χ0n) is 14.1. The van der Waals surface area contributed by atoms with Crippen molar-refractivity contribution in [3.8, 4) is 0 Å². The highest BCUT2D eigenvalue weighted by Gasteiger charge is 2.32. The Labute approximate surface area is 149 Å². The van der Waals surface area contributed by atoms with Crippen LogP contribution in [0.5, 0.6) is 0 Å². The molecule has 0 radical (unpaired) electrons. The van der Waals surface area contributed by atoms with Crippen molar-refractivity contribution < 1.29 is 14.0 Å². The van der Waals surface area contributed by atoms with Gasteiger partial charge in [0.05, 0.1) is 35.7 Å². The number of likely N-dealkylation sites (N-methyl/N-ethyl adjacent to an activating group) is 1. The van der Waals surface area contributed by atoms with Gasteiger partial charge in [-0.05, 0) is 44.7 Å². The second-order valence-corrected chi connectivity index (χ2v) is 7.88. The van der Waals surface area contributed by atoms with Crippen molar-refractivity contribution in [2.45, 2.75) is 51.2 Å². The average molecular weight is 359 g/mol. The molecular weight excluding hydrogens is 333 g/mol. The third-order valence-corrected chi connectivity index (χ3v) is 5.40. The van der Waals surface area contributed by atoms with Crippen LogP contribution in [0.2, 0.25) is 10.0 Å². The summed E-state index contributed by atoms with van der Waals surface area (Å²) in [6.07, 6.45) is 6.26. The van der Waals surface area contributed by atoms with Gasteiger partial charge in [0, 0.05) is 0 Å². The predicted octanol–water partition coefficient (Wildman–Crippen LogP) is 4.95. The Morgan fingerprint density at radius 2 is 1.78 bits per heavy atom. The molecule has 1 unspecified atom stereocenters. The van der Waals surface area contributed by atoms with Crippen LogP contribution in [-0.2, 0) is 4.74 Å². The Bertz CT molecular complexity index is 534. The summed E-state index contributed by atoms with van der Waals surface area (Å²) in [5.74, 6) is -0.447. The molecule has 1 aliphatic rings. The topological polar surface area (TPSA) is 26.3 Å². The molecule has 1 aromatic carbocycles. The first kappa shape index (κ1) is 18.6. The van der Waals surface area contributed by atoms with E-state index >= 15 is 0 Å². The van der Waals surface area contributed by atoms with Gasteiger partial charge in [-0.25, -0.2) is 4.79 Å². The Hall–Kier alpha value is -0.770.